The van der Waals surface area contributed by atoms with Crippen LogP contribution in [0, 0.1) is 5.92 Å². The van der Waals surface area contributed by atoms with E-state index >= 15 is 0 Å². The topological polar surface area (TPSA) is 32.9 Å². The Labute approximate surface area is 65.6 Å². The van der Waals surface area contributed by atoms with Crippen molar-refractivity contribution in [3.63, 3.8) is 0 Å². The first-order chi connectivity index (χ1) is 5.40. The minimum Gasteiger partial charge on any atom is -0.365 e. The van der Waals surface area contributed by atoms with Crippen molar-refractivity contribution in [1.29, 1.82) is 0 Å². The van der Waals surface area contributed by atoms with Gasteiger partial charge in [0.2, 0.25) is 0 Å². The van der Waals surface area contributed by atoms with E-state index in [2.05, 4.69) is 11.1 Å². The third-order valence-corrected chi connectivity index (χ3v) is 2.37. The maximum atomic E-state index is 10.5. The van der Waals surface area contributed by atoms with Crippen LogP contribution in [-0.4, -0.2) is 11.3 Å². The highest BCUT2D eigenvalue weighted by atomic mass is 16.1. The third-order valence-electron chi connectivity index (χ3n) is 2.37. The normalized spacial score (nSPS) is 22.7. The molecule has 1 atom stereocenters. The van der Waals surface area contributed by atoms with Gasteiger partial charge < -0.3 is 9.78 Å². The van der Waals surface area contributed by atoms with Crippen molar-refractivity contribution in [2.45, 2.75) is 19.3 Å². The van der Waals surface area contributed by atoms with Crippen molar-refractivity contribution >= 4 is 6.29 Å². The molecular weight excluding hydrogens is 138 g/mol. The standard InChI is InChI=1S/C9H11NO/c11-6-7-1-2-9-8(5-7)3-4-10-9/h3-4,6-7,10H,1-2,5H2. The fourth-order valence-corrected chi connectivity index (χ4v) is 1.69. The Morgan fingerprint density at radius 1 is 1.64 bits per heavy atom. The predicted octanol–water partition coefficient (Wildman–Crippen LogP) is 1.32. The van der Waals surface area contributed by atoms with Gasteiger partial charge in [0.15, 0.2) is 0 Å². The molecule has 1 aromatic heterocycles. The van der Waals surface area contributed by atoms with E-state index < -0.39 is 0 Å². The maximum Gasteiger partial charge on any atom is 0.123 e. The third kappa shape index (κ3) is 1.09. The highest BCUT2D eigenvalue weighted by Crippen LogP contribution is 2.22. The number of aldehydes is 1. The highest BCUT2D eigenvalue weighted by molar-refractivity contribution is 5.55. The largest absolute Gasteiger partial charge is 0.365 e. The highest BCUT2D eigenvalue weighted by Gasteiger charge is 2.17. The first-order valence-electron chi connectivity index (χ1n) is 4.00. The van der Waals surface area contributed by atoms with Crippen LogP contribution in [0.1, 0.15) is 17.7 Å². The number of carbonyl (C=O) groups excluding carboxylic acids is 1. The molecule has 2 rings (SSSR count). The zero-order valence-corrected chi connectivity index (χ0v) is 6.34. The summed E-state index contributed by atoms with van der Waals surface area (Å²) in [5.74, 6) is 0.262. The minimum atomic E-state index is 0.262. The van der Waals surface area contributed by atoms with Crippen LogP contribution in [0.15, 0.2) is 12.3 Å². The molecule has 0 saturated carbocycles. The molecular formula is C9H11NO. The van der Waals surface area contributed by atoms with E-state index in [4.69, 9.17) is 0 Å². The SMILES string of the molecule is O=CC1CCc2[nH]ccc2C1. The summed E-state index contributed by atoms with van der Waals surface area (Å²) in [6, 6.07) is 2.07. The molecule has 1 aliphatic rings. The summed E-state index contributed by atoms with van der Waals surface area (Å²) in [7, 11) is 0. The van der Waals surface area contributed by atoms with Gasteiger partial charge in [-0.05, 0) is 30.9 Å². The van der Waals surface area contributed by atoms with Crippen LogP contribution < -0.4 is 0 Å². The number of hydrogen-bond acceptors (Lipinski definition) is 1. The van der Waals surface area contributed by atoms with Crippen molar-refractivity contribution in [2.24, 2.45) is 5.92 Å². The lowest BCUT2D eigenvalue weighted by molar-refractivity contribution is -0.111. The van der Waals surface area contributed by atoms with Crippen LogP contribution in [0.2, 0.25) is 0 Å². The van der Waals surface area contributed by atoms with Crippen molar-refractivity contribution in [3.8, 4) is 0 Å². The number of aromatic nitrogens is 1. The van der Waals surface area contributed by atoms with E-state index in [0.717, 1.165) is 25.5 Å². The zero-order valence-electron chi connectivity index (χ0n) is 6.34. The summed E-state index contributed by atoms with van der Waals surface area (Å²) in [4.78, 5) is 13.7. The van der Waals surface area contributed by atoms with Crippen LogP contribution in [0.4, 0.5) is 0 Å². The van der Waals surface area contributed by atoms with Crippen LogP contribution in [0.3, 0.4) is 0 Å². The minimum absolute atomic E-state index is 0.262. The number of aryl methyl sites for hydroxylation is 1. The molecule has 0 fully saturated rings. The number of H-pyrrole nitrogens is 1. The molecule has 2 heteroatoms. The molecule has 58 valence electrons. The first-order valence-corrected chi connectivity index (χ1v) is 4.00. The van der Waals surface area contributed by atoms with Crippen molar-refractivity contribution in [2.75, 3.05) is 0 Å². The van der Waals surface area contributed by atoms with E-state index in [1.165, 1.54) is 11.3 Å². The molecule has 0 spiro atoms. The molecule has 1 aliphatic carbocycles. The second-order valence-corrected chi connectivity index (χ2v) is 3.12. The van der Waals surface area contributed by atoms with Gasteiger partial charge in [-0.15, -0.1) is 0 Å². The van der Waals surface area contributed by atoms with Gasteiger partial charge in [0.1, 0.15) is 6.29 Å². The van der Waals surface area contributed by atoms with Crippen LogP contribution >= 0.6 is 0 Å². The summed E-state index contributed by atoms with van der Waals surface area (Å²) in [5.41, 5.74) is 2.65. The smallest absolute Gasteiger partial charge is 0.123 e. The average Bonchev–Trinajstić information content (AvgIpc) is 2.50. The van der Waals surface area contributed by atoms with Crippen LogP contribution in [0.5, 0.6) is 0 Å². The number of hydrogen-bond donors (Lipinski definition) is 1. The molecule has 0 amide bonds. The van der Waals surface area contributed by atoms with Gasteiger partial charge in [-0.3, -0.25) is 0 Å². The van der Waals surface area contributed by atoms with Gasteiger partial charge in [-0.25, -0.2) is 0 Å². The van der Waals surface area contributed by atoms with E-state index in [1.807, 2.05) is 6.20 Å². The van der Waals surface area contributed by atoms with Crippen LogP contribution in [-0.2, 0) is 17.6 Å². The predicted molar refractivity (Wildman–Crippen MR) is 42.4 cm³/mol. The summed E-state index contributed by atoms with van der Waals surface area (Å²) >= 11 is 0. The second kappa shape index (κ2) is 2.53. The Morgan fingerprint density at radius 2 is 2.55 bits per heavy atom. The van der Waals surface area contributed by atoms with Crippen molar-refractivity contribution in [3.05, 3.63) is 23.5 Å². The van der Waals surface area contributed by atoms with Gasteiger partial charge in [0.05, 0.1) is 0 Å². The number of carbonyl (C=O) groups is 1. The van der Waals surface area contributed by atoms with Gasteiger partial charge in [0.25, 0.3) is 0 Å². The van der Waals surface area contributed by atoms with Crippen molar-refractivity contribution < 1.29 is 4.79 Å². The lowest BCUT2D eigenvalue weighted by Crippen LogP contribution is -2.14. The van der Waals surface area contributed by atoms with Gasteiger partial charge in [-0.2, -0.15) is 0 Å². The first kappa shape index (κ1) is 6.65. The monoisotopic (exact) mass is 149 g/mol. The molecule has 0 aliphatic heterocycles. The van der Waals surface area contributed by atoms with E-state index in [0.29, 0.717) is 0 Å². The lowest BCUT2D eigenvalue weighted by Gasteiger charge is -2.16. The molecule has 1 N–H and O–H groups in total. The van der Waals surface area contributed by atoms with Crippen LogP contribution in [0.25, 0.3) is 0 Å². The average molecular weight is 149 g/mol. The Kier molecular flexibility index (Phi) is 1.53. The Hall–Kier alpha value is -1.05. The van der Waals surface area contributed by atoms with Crippen molar-refractivity contribution in [1.82, 2.24) is 4.98 Å². The Balaban J connectivity index is 2.24. The summed E-state index contributed by atoms with van der Waals surface area (Å²) in [5, 5.41) is 0. The van der Waals surface area contributed by atoms with Gasteiger partial charge >= 0.3 is 0 Å². The van der Waals surface area contributed by atoms with E-state index in [1.54, 1.807) is 0 Å². The molecule has 0 bridgehead atoms. The second-order valence-electron chi connectivity index (χ2n) is 3.12. The number of aromatic amines is 1. The zero-order chi connectivity index (χ0) is 7.68. The van der Waals surface area contributed by atoms with Gasteiger partial charge in [0, 0.05) is 17.8 Å². The molecule has 0 radical (unpaired) electrons. The summed E-state index contributed by atoms with van der Waals surface area (Å²) in [6.45, 7) is 0. The molecule has 0 aromatic carbocycles. The van der Waals surface area contributed by atoms with E-state index in [9.17, 15) is 4.79 Å². The fraction of sp³-hybridized carbons (Fsp3) is 0.444. The number of rotatable bonds is 1. The summed E-state index contributed by atoms with van der Waals surface area (Å²) < 4.78 is 0. The van der Waals surface area contributed by atoms with E-state index in [-0.39, 0.29) is 5.92 Å². The lowest BCUT2D eigenvalue weighted by atomic mass is 9.89. The molecule has 1 heterocycles. The fourth-order valence-electron chi connectivity index (χ4n) is 1.69. The molecule has 1 unspecified atom stereocenters. The quantitative estimate of drug-likeness (QED) is 0.600. The number of fused-ring (bicyclic) bond motifs is 1. The molecule has 2 nitrogen and oxygen atoms in total. The van der Waals surface area contributed by atoms with Gasteiger partial charge in [-0.1, -0.05) is 0 Å². The Bertz CT molecular complexity index is 264. The Morgan fingerprint density at radius 3 is 3.36 bits per heavy atom. The molecule has 11 heavy (non-hydrogen) atoms. The molecule has 1 aromatic rings. The summed E-state index contributed by atoms with van der Waals surface area (Å²) in [6.07, 6.45) is 6.01. The maximum absolute atomic E-state index is 10.5. The molecule has 0 saturated heterocycles. The number of nitrogens with one attached hydrogen (secondary N) is 1.